The number of guanidine groups is 1. The Kier molecular flexibility index (Phi) is 7.24. The van der Waals surface area contributed by atoms with Crippen LogP contribution in [0.25, 0.3) is 5.69 Å². The number of hydrogen-bond acceptors (Lipinski definition) is 4. The molecular weight excluding hydrogens is 342 g/mol. The van der Waals surface area contributed by atoms with Gasteiger partial charge < -0.3 is 19.7 Å². The number of hydrogen-bond donors (Lipinski definition) is 1. The molecule has 146 valence electrons. The molecule has 2 heterocycles. The van der Waals surface area contributed by atoms with Crippen LogP contribution in [0.1, 0.15) is 18.4 Å². The minimum atomic E-state index is 0.271. The molecule has 1 saturated heterocycles. The Morgan fingerprint density at radius 3 is 3.00 bits per heavy atom. The number of aliphatic imine (C=N–C) groups is 1. The van der Waals surface area contributed by atoms with Gasteiger partial charge in [-0.1, -0.05) is 18.2 Å². The first-order valence-electron chi connectivity index (χ1n) is 9.46. The lowest BCUT2D eigenvalue weighted by Gasteiger charge is -2.21. The SMILES string of the molecule is CN=C(NCCOCC1CCCO1)N(C)Cc1cnn(-c2ccccc2)c1. The standard InChI is InChI=1S/C20H29N5O2/c1-21-20(22-10-12-26-16-19-9-6-11-27-19)24(2)14-17-13-23-25(15-17)18-7-4-3-5-8-18/h3-5,7-8,13,15,19H,6,9-12,14,16H2,1-2H3,(H,21,22). The van der Waals surface area contributed by atoms with Gasteiger partial charge in [0.1, 0.15) is 0 Å². The molecule has 0 aliphatic carbocycles. The Labute approximate surface area is 161 Å². The Balaban J connectivity index is 1.42. The van der Waals surface area contributed by atoms with Crippen LogP contribution in [0.3, 0.4) is 0 Å². The fourth-order valence-electron chi connectivity index (χ4n) is 3.12. The summed E-state index contributed by atoms with van der Waals surface area (Å²) in [5.41, 5.74) is 2.18. The number of nitrogens with zero attached hydrogens (tertiary/aromatic N) is 4. The van der Waals surface area contributed by atoms with Crippen LogP contribution in [0.5, 0.6) is 0 Å². The van der Waals surface area contributed by atoms with E-state index in [0.717, 1.165) is 43.2 Å². The summed E-state index contributed by atoms with van der Waals surface area (Å²) in [6, 6.07) is 10.1. The maximum absolute atomic E-state index is 5.69. The molecule has 3 rings (SSSR count). The lowest BCUT2D eigenvalue weighted by Crippen LogP contribution is -2.40. The van der Waals surface area contributed by atoms with Crippen molar-refractivity contribution in [1.82, 2.24) is 20.0 Å². The highest BCUT2D eigenvalue weighted by Gasteiger charge is 2.15. The fourth-order valence-corrected chi connectivity index (χ4v) is 3.12. The second-order valence-corrected chi connectivity index (χ2v) is 6.67. The zero-order chi connectivity index (χ0) is 18.9. The van der Waals surface area contributed by atoms with Gasteiger partial charge in [-0.3, -0.25) is 4.99 Å². The van der Waals surface area contributed by atoms with E-state index in [-0.39, 0.29) is 6.10 Å². The number of ether oxygens (including phenoxy) is 2. The maximum Gasteiger partial charge on any atom is 0.193 e. The Morgan fingerprint density at radius 2 is 2.26 bits per heavy atom. The topological polar surface area (TPSA) is 63.9 Å². The van der Waals surface area contributed by atoms with Crippen molar-refractivity contribution < 1.29 is 9.47 Å². The number of aromatic nitrogens is 2. The van der Waals surface area contributed by atoms with Crippen LogP contribution >= 0.6 is 0 Å². The van der Waals surface area contributed by atoms with Crippen molar-refractivity contribution in [2.24, 2.45) is 4.99 Å². The second kappa shape index (κ2) is 10.1. The van der Waals surface area contributed by atoms with E-state index in [1.807, 2.05) is 54.5 Å². The van der Waals surface area contributed by atoms with Crippen LogP contribution in [0.2, 0.25) is 0 Å². The highest BCUT2D eigenvalue weighted by molar-refractivity contribution is 5.79. The van der Waals surface area contributed by atoms with E-state index in [9.17, 15) is 0 Å². The van der Waals surface area contributed by atoms with Crippen molar-refractivity contribution in [2.75, 3.05) is 40.5 Å². The quantitative estimate of drug-likeness (QED) is 0.437. The van der Waals surface area contributed by atoms with E-state index < -0.39 is 0 Å². The lowest BCUT2D eigenvalue weighted by atomic mass is 10.2. The molecule has 1 N–H and O–H groups in total. The number of rotatable bonds is 8. The molecule has 0 saturated carbocycles. The zero-order valence-electron chi connectivity index (χ0n) is 16.2. The summed E-state index contributed by atoms with van der Waals surface area (Å²) >= 11 is 0. The normalized spacial score (nSPS) is 17.3. The van der Waals surface area contributed by atoms with Crippen LogP contribution < -0.4 is 5.32 Å². The molecule has 1 atom stereocenters. The molecule has 2 aromatic rings. The molecule has 1 aliphatic rings. The third-order valence-electron chi connectivity index (χ3n) is 4.51. The van der Waals surface area contributed by atoms with Gasteiger partial charge in [-0.2, -0.15) is 5.10 Å². The minimum absolute atomic E-state index is 0.271. The van der Waals surface area contributed by atoms with E-state index >= 15 is 0 Å². The maximum atomic E-state index is 5.69. The average Bonchev–Trinajstić information content (AvgIpc) is 3.37. The lowest BCUT2D eigenvalue weighted by molar-refractivity contribution is 0.0190. The Bertz CT molecular complexity index is 710. The van der Waals surface area contributed by atoms with Crippen molar-refractivity contribution >= 4 is 5.96 Å². The number of benzene rings is 1. The molecule has 1 aromatic carbocycles. The second-order valence-electron chi connectivity index (χ2n) is 6.67. The molecular formula is C20H29N5O2. The Hall–Kier alpha value is -2.38. The van der Waals surface area contributed by atoms with Gasteiger partial charge in [0.05, 0.1) is 31.2 Å². The van der Waals surface area contributed by atoms with Crippen LogP contribution in [-0.4, -0.2) is 67.2 Å². The van der Waals surface area contributed by atoms with Crippen LogP contribution in [0, 0.1) is 0 Å². The van der Waals surface area contributed by atoms with Crippen LogP contribution in [-0.2, 0) is 16.0 Å². The van der Waals surface area contributed by atoms with Crippen LogP contribution in [0.15, 0.2) is 47.7 Å². The smallest absolute Gasteiger partial charge is 0.193 e. The van der Waals surface area contributed by atoms with E-state index in [1.165, 1.54) is 0 Å². The summed E-state index contributed by atoms with van der Waals surface area (Å²) in [4.78, 5) is 6.42. The summed E-state index contributed by atoms with van der Waals surface area (Å²) in [6.07, 6.45) is 6.46. The third kappa shape index (κ3) is 5.80. The first-order chi connectivity index (χ1) is 13.3. The van der Waals surface area contributed by atoms with Gasteiger partial charge in [0.15, 0.2) is 5.96 Å². The van der Waals surface area contributed by atoms with Crippen molar-refractivity contribution in [3.8, 4) is 5.69 Å². The highest BCUT2D eigenvalue weighted by Crippen LogP contribution is 2.12. The van der Waals surface area contributed by atoms with Crippen molar-refractivity contribution in [1.29, 1.82) is 0 Å². The molecule has 1 aromatic heterocycles. The first kappa shape index (κ1) is 19.4. The van der Waals surface area contributed by atoms with Gasteiger partial charge in [-0.25, -0.2) is 4.68 Å². The van der Waals surface area contributed by atoms with Gasteiger partial charge in [-0.05, 0) is 25.0 Å². The zero-order valence-corrected chi connectivity index (χ0v) is 16.2. The predicted molar refractivity (Wildman–Crippen MR) is 106 cm³/mol. The summed E-state index contributed by atoms with van der Waals surface area (Å²) in [6.45, 7) is 3.62. The summed E-state index contributed by atoms with van der Waals surface area (Å²) in [7, 11) is 3.81. The molecule has 1 aliphatic heterocycles. The van der Waals surface area contributed by atoms with Gasteiger partial charge in [0, 0.05) is 45.6 Å². The van der Waals surface area contributed by atoms with Crippen LogP contribution in [0.4, 0.5) is 0 Å². The molecule has 7 heteroatoms. The van der Waals surface area contributed by atoms with Gasteiger partial charge in [0.25, 0.3) is 0 Å². The first-order valence-corrected chi connectivity index (χ1v) is 9.46. The van der Waals surface area contributed by atoms with Crippen molar-refractivity contribution in [2.45, 2.75) is 25.5 Å². The summed E-state index contributed by atoms with van der Waals surface area (Å²) < 4.78 is 13.1. The molecule has 27 heavy (non-hydrogen) atoms. The predicted octanol–water partition coefficient (Wildman–Crippen LogP) is 2.08. The molecule has 0 amide bonds. The molecule has 1 fully saturated rings. The molecule has 0 radical (unpaired) electrons. The van der Waals surface area contributed by atoms with E-state index in [4.69, 9.17) is 9.47 Å². The monoisotopic (exact) mass is 371 g/mol. The third-order valence-corrected chi connectivity index (χ3v) is 4.51. The summed E-state index contributed by atoms with van der Waals surface area (Å²) in [5, 5.41) is 7.78. The summed E-state index contributed by atoms with van der Waals surface area (Å²) in [5.74, 6) is 0.836. The van der Waals surface area contributed by atoms with Crippen molar-refractivity contribution in [3.05, 3.63) is 48.3 Å². The largest absolute Gasteiger partial charge is 0.377 e. The Morgan fingerprint density at radius 1 is 1.41 bits per heavy atom. The number of nitrogens with one attached hydrogen (secondary N) is 1. The van der Waals surface area contributed by atoms with E-state index in [0.29, 0.717) is 19.8 Å². The molecule has 0 spiro atoms. The van der Waals surface area contributed by atoms with Crippen molar-refractivity contribution in [3.63, 3.8) is 0 Å². The van der Waals surface area contributed by atoms with E-state index in [2.05, 4.69) is 20.3 Å². The van der Waals surface area contributed by atoms with E-state index in [1.54, 1.807) is 7.05 Å². The van der Waals surface area contributed by atoms with Gasteiger partial charge >= 0.3 is 0 Å². The molecule has 1 unspecified atom stereocenters. The molecule has 0 bridgehead atoms. The highest BCUT2D eigenvalue weighted by atomic mass is 16.5. The molecule has 7 nitrogen and oxygen atoms in total. The average molecular weight is 371 g/mol. The fraction of sp³-hybridized carbons (Fsp3) is 0.500. The van der Waals surface area contributed by atoms with Gasteiger partial charge in [-0.15, -0.1) is 0 Å². The van der Waals surface area contributed by atoms with Gasteiger partial charge in [0.2, 0.25) is 0 Å². The number of para-hydroxylation sites is 1. The minimum Gasteiger partial charge on any atom is -0.377 e.